The van der Waals surface area contributed by atoms with Crippen LogP contribution in [0.25, 0.3) is 10.2 Å². The molecule has 0 spiro atoms. The fraction of sp³-hybridized carbons (Fsp3) is 0.467. The van der Waals surface area contributed by atoms with Gasteiger partial charge in [-0.05, 0) is 31.2 Å². The van der Waals surface area contributed by atoms with E-state index in [2.05, 4.69) is 25.0 Å². The molecule has 0 aromatic carbocycles. The SMILES string of the molecule is Cc1nc(N(C)Cc2noc(C3CCC3)n2)c2sccc2n1. The van der Waals surface area contributed by atoms with Crippen molar-refractivity contribution >= 4 is 27.4 Å². The minimum Gasteiger partial charge on any atom is -0.351 e. The number of nitrogens with zero attached hydrogens (tertiary/aromatic N) is 5. The van der Waals surface area contributed by atoms with Crippen molar-refractivity contribution in [2.24, 2.45) is 0 Å². The van der Waals surface area contributed by atoms with Gasteiger partial charge in [-0.3, -0.25) is 0 Å². The second-order valence-corrected chi connectivity index (χ2v) is 6.68. The van der Waals surface area contributed by atoms with E-state index < -0.39 is 0 Å². The molecule has 1 aliphatic rings. The zero-order valence-electron chi connectivity index (χ0n) is 12.6. The van der Waals surface area contributed by atoms with Crippen LogP contribution in [0.5, 0.6) is 0 Å². The molecule has 7 heteroatoms. The predicted molar refractivity (Wildman–Crippen MR) is 85.1 cm³/mol. The van der Waals surface area contributed by atoms with E-state index in [-0.39, 0.29) is 0 Å². The van der Waals surface area contributed by atoms with Crippen molar-refractivity contribution in [2.45, 2.75) is 38.6 Å². The van der Waals surface area contributed by atoms with Crippen molar-refractivity contribution < 1.29 is 4.52 Å². The van der Waals surface area contributed by atoms with E-state index in [9.17, 15) is 0 Å². The van der Waals surface area contributed by atoms with Crippen LogP contribution in [0.3, 0.4) is 0 Å². The summed E-state index contributed by atoms with van der Waals surface area (Å²) in [5.41, 5.74) is 0.989. The molecule has 0 saturated heterocycles. The molecule has 1 saturated carbocycles. The van der Waals surface area contributed by atoms with Crippen LogP contribution in [0.4, 0.5) is 5.82 Å². The highest BCUT2D eigenvalue weighted by Gasteiger charge is 2.25. The van der Waals surface area contributed by atoms with Gasteiger partial charge in [-0.1, -0.05) is 11.6 Å². The summed E-state index contributed by atoms with van der Waals surface area (Å²) in [7, 11) is 2.00. The van der Waals surface area contributed by atoms with Gasteiger partial charge < -0.3 is 9.42 Å². The summed E-state index contributed by atoms with van der Waals surface area (Å²) < 4.78 is 6.48. The van der Waals surface area contributed by atoms with Crippen LogP contribution in [0, 0.1) is 6.92 Å². The van der Waals surface area contributed by atoms with Crippen LogP contribution in [0.1, 0.15) is 42.7 Å². The molecule has 0 aliphatic heterocycles. The van der Waals surface area contributed by atoms with Gasteiger partial charge in [0.05, 0.1) is 16.8 Å². The minimum atomic E-state index is 0.469. The molecule has 6 nitrogen and oxygen atoms in total. The standard InChI is InChI=1S/C15H17N5OS/c1-9-16-11-6-7-22-13(11)14(17-9)20(2)8-12-18-15(21-19-12)10-4-3-5-10/h6-7,10H,3-5,8H2,1-2H3. The molecule has 4 rings (SSSR count). The molecule has 0 N–H and O–H groups in total. The quantitative estimate of drug-likeness (QED) is 0.736. The Kier molecular flexibility index (Phi) is 3.29. The zero-order chi connectivity index (χ0) is 15.1. The first kappa shape index (κ1) is 13.6. The number of anilines is 1. The number of aryl methyl sites for hydroxylation is 1. The highest BCUT2D eigenvalue weighted by Crippen LogP contribution is 2.35. The Morgan fingerprint density at radius 1 is 1.32 bits per heavy atom. The van der Waals surface area contributed by atoms with Gasteiger partial charge in [-0.25, -0.2) is 9.97 Å². The van der Waals surface area contributed by atoms with Crippen LogP contribution in [-0.2, 0) is 6.54 Å². The fourth-order valence-corrected chi connectivity index (χ4v) is 3.53. The first-order chi connectivity index (χ1) is 10.7. The monoisotopic (exact) mass is 315 g/mol. The van der Waals surface area contributed by atoms with E-state index in [0.717, 1.165) is 27.7 Å². The van der Waals surface area contributed by atoms with Crippen LogP contribution >= 0.6 is 11.3 Å². The van der Waals surface area contributed by atoms with Gasteiger partial charge in [0, 0.05) is 13.0 Å². The Balaban J connectivity index is 1.59. The van der Waals surface area contributed by atoms with Crippen molar-refractivity contribution in [1.82, 2.24) is 20.1 Å². The topological polar surface area (TPSA) is 67.9 Å². The molecule has 0 unspecified atom stereocenters. The number of fused-ring (bicyclic) bond motifs is 1. The van der Waals surface area contributed by atoms with Gasteiger partial charge >= 0.3 is 0 Å². The zero-order valence-corrected chi connectivity index (χ0v) is 13.4. The third-order valence-electron chi connectivity index (χ3n) is 4.08. The van der Waals surface area contributed by atoms with E-state index in [0.29, 0.717) is 18.3 Å². The molecule has 1 fully saturated rings. The summed E-state index contributed by atoms with van der Waals surface area (Å²) in [6.07, 6.45) is 3.59. The summed E-state index contributed by atoms with van der Waals surface area (Å²) in [4.78, 5) is 15.6. The van der Waals surface area contributed by atoms with Crippen LogP contribution in [0.15, 0.2) is 16.0 Å². The molecule has 22 heavy (non-hydrogen) atoms. The van der Waals surface area contributed by atoms with Crippen molar-refractivity contribution in [1.29, 1.82) is 0 Å². The number of hydrogen-bond donors (Lipinski definition) is 0. The molecule has 3 aromatic heterocycles. The molecule has 0 atom stereocenters. The Labute approximate surface area is 132 Å². The van der Waals surface area contributed by atoms with Gasteiger partial charge in [0.1, 0.15) is 5.82 Å². The average molecular weight is 315 g/mol. The highest BCUT2D eigenvalue weighted by atomic mass is 32.1. The lowest BCUT2D eigenvalue weighted by Gasteiger charge is -2.20. The third-order valence-corrected chi connectivity index (χ3v) is 4.98. The number of aromatic nitrogens is 4. The van der Waals surface area contributed by atoms with Crippen LogP contribution in [0.2, 0.25) is 0 Å². The Morgan fingerprint density at radius 2 is 2.18 bits per heavy atom. The summed E-state index contributed by atoms with van der Waals surface area (Å²) >= 11 is 1.65. The molecule has 114 valence electrons. The second kappa shape index (κ2) is 5.31. The van der Waals surface area contributed by atoms with Crippen LogP contribution < -0.4 is 4.90 Å². The summed E-state index contributed by atoms with van der Waals surface area (Å²) in [6.45, 7) is 2.50. The maximum absolute atomic E-state index is 5.38. The lowest BCUT2D eigenvalue weighted by Crippen LogP contribution is -2.19. The van der Waals surface area contributed by atoms with Crippen molar-refractivity contribution in [3.05, 3.63) is 29.0 Å². The van der Waals surface area contributed by atoms with Crippen LogP contribution in [-0.4, -0.2) is 27.2 Å². The largest absolute Gasteiger partial charge is 0.351 e. The molecular formula is C15H17N5OS. The lowest BCUT2D eigenvalue weighted by molar-refractivity contribution is 0.291. The molecule has 3 heterocycles. The number of rotatable bonds is 4. The number of thiophene rings is 1. The van der Waals surface area contributed by atoms with Crippen molar-refractivity contribution in [3.63, 3.8) is 0 Å². The first-order valence-electron chi connectivity index (χ1n) is 7.46. The minimum absolute atomic E-state index is 0.469. The van der Waals surface area contributed by atoms with Crippen molar-refractivity contribution in [2.75, 3.05) is 11.9 Å². The fourth-order valence-electron chi connectivity index (χ4n) is 2.66. The molecule has 1 aliphatic carbocycles. The van der Waals surface area contributed by atoms with Gasteiger partial charge in [-0.15, -0.1) is 11.3 Å². The van der Waals surface area contributed by atoms with Gasteiger partial charge in [0.15, 0.2) is 11.6 Å². The molecule has 0 bridgehead atoms. The highest BCUT2D eigenvalue weighted by molar-refractivity contribution is 7.17. The van der Waals surface area contributed by atoms with E-state index in [1.807, 2.05) is 25.4 Å². The Bertz CT molecular complexity index is 807. The van der Waals surface area contributed by atoms with Gasteiger partial charge in [0.2, 0.25) is 5.89 Å². The van der Waals surface area contributed by atoms with Gasteiger partial charge in [-0.2, -0.15) is 4.98 Å². The Morgan fingerprint density at radius 3 is 2.95 bits per heavy atom. The smallest absolute Gasteiger partial charge is 0.229 e. The third kappa shape index (κ3) is 2.35. The summed E-state index contributed by atoms with van der Waals surface area (Å²) in [5, 5.41) is 6.15. The normalized spacial score (nSPS) is 15.2. The van der Waals surface area contributed by atoms with E-state index in [4.69, 9.17) is 4.52 Å². The van der Waals surface area contributed by atoms with E-state index >= 15 is 0 Å². The van der Waals surface area contributed by atoms with Gasteiger partial charge in [0.25, 0.3) is 0 Å². The number of hydrogen-bond acceptors (Lipinski definition) is 7. The molecular weight excluding hydrogens is 298 g/mol. The Hall–Kier alpha value is -2.02. The molecule has 0 amide bonds. The average Bonchev–Trinajstić information content (AvgIpc) is 3.05. The molecule has 3 aromatic rings. The summed E-state index contributed by atoms with van der Waals surface area (Å²) in [6, 6.07) is 2.02. The molecule has 0 radical (unpaired) electrons. The predicted octanol–water partition coefficient (Wildman–Crippen LogP) is 3.29. The lowest BCUT2D eigenvalue weighted by atomic mass is 9.85. The first-order valence-corrected chi connectivity index (χ1v) is 8.34. The maximum Gasteiger partial charge on any atom is 0.229 e. The second-order valence-electron chi connectivity index (χ2n) is 5.76. The maximum atomic E-state index is 5.38. The van der Waals surface area contributed by atoms with Crippen molar-refractivity contribution in [3.8, 4) is 0 Å². The summed E-state index contributed by atoms with van der Waals surface area (Å²) in [5.74, 6) is 3.67. The van der Waals surface area contributed by atoms with E-state index in [1.165, 1.54) is 19.3 Å². The van der Waals surface area contributed by atoms with E-state index in [1.54, 1.807) is 11.3 Å².